The summed E-state index contributed by atoms with van der Waals surface area (Å²) < 4.78 is 0.914. The lowest BCUT2D eigenvalue weighted by Crippen LogP contribution is -2.23. The minimum Gasteiger partial charge on any atom is -0.494 e. The lowest BCUT2D eigenvalue weighted by molar-refractivity contribution is 0.117. The third kappa shape index (κ3) is 4.40. The molecule has 0 bridgehead atoms. The number of halogens is 1. The first-order valence-corrected chi connectivity index (χ1v) is 11.4. The monoisotopic (exact) mass is 503 g/mol. The summed E-state index contributed by atoms with van der Waals surface area (Å²) >= 11 is 3.52. The van der Waals surface area contributed by atoms with E-state index in [1.165, 1.54) is 0 Å². The highest BCUT2D eigenvalue weighted by atomic mass is 79.9. The van der Waals surface area contributed by atoms with Gasteiger partial charge in [-0.3, -0.25) is 9.88 Å². The molecule has 8 heteroatoms. The molecule has 7 nitrogen and oxygen atoms in total. The fourth-order valence-corrected chi connectivity index (χ4v) is 4.24. The van der Waals surface area contributed by atoms with Crippen LogP contribution < -0.4 is 0 Å². The fourth-order valence-electron chi connectivity index (χ4n) is 3.88. The molecule has 2 aromatic heterocycles. The molecule has 0 saturated carbocycles. The second-order valence-electron chi connectivity index (χ2n) is 7.85. The van der Waals surface area contributed by atoms with Crippen molar-refractivity contribution in [2.75, 3.05) is 20.2 Å². The number of nitrogens with zero attached hydrogens (tertiary/aromatic N) is 4. The Morgan fingerprint density at radius 2 is 1.97 bits per heavy atom. The summed E-state index contributed by atoms with van der Waals surface area (Å²) in [6, 6.07) is 19.5. The second kappa shape index (κ2) is 9.17. The van der Waals surface area contributed by atoms with Gasteiger partial charge in [-0.25, -0.2) is 4.99 Å². The highest BCUT2D eigenvalue weighted by molar-refractivity contribution is 9.10. The number of aromatic hydroxyl groups is 1. The molecule has 166 valence electrons. The van der Waals surface area contributed by atoms with Gasteiger partial charge in [-0.05, 0) is 43.4 Å². The molecule has 5 rings (SSSR count). The van der Waals surface area contributed by atoms with Gasteiger partial charge in [-0.15, -0.1) is 0 Å². The van der Waals surface area contributed by atoms with Gasteiger partial charge < -0.3 is 14.9 Å². The number of rotatable bonds is 7. The Bertz CT molecular complexity index is 1360. The predicted octanol–water partition coefficient (Wildman–Crippen LogP) is 5.02. The van der Waals surface area contributed by atoms with E-state index < -0.39 is 0 Å². The Morgan fingerprint density at radius 1 is 1.12 bits per heavy atom. The standard InChI is InChI=1S/C25H22BrN5O2/c1-31(15-17-6-4-5-11-27-17)12-13-33-30-23-18-7-2-3-8-20(18)28-24(23)22-19-14-16(26)9-10-21(19)29-25(22)32/h2-11,14,29,32H,12-13,15H2,1H3/b30-23+. The number of benzene rings is 2. The normalized spacial score (nSPS) is 14.2. The number of H-pyrrole nitrogens is 1. The summed E-state index contributed by atoms with van der Waals surface area (Å²) in [5, 5.41) is 16.0. The molecule has 0 aliphatic carbocycles. The van der Waals surface area contributed by atoms with Gasteiger partial charge in [0.05, 0.1) is 16.9 Å². The first-order valence-electron chi connectivity index (χ1n) is 10.6. The van der Waals surface area contributed by atoms with Crippen molar-refractivity contribution in [3.8, 4) is 5.88 Å². The van der Waals surface area contributed by atoms with Crippen LogP contribution in [0.15, 0.2) is 81.5 Å². The highest BCUT2D eigenvalue weighted by Crippen LogP contribution is 2.36. The number of hydrogen-bond acceptors (Lipinski definition) is 6. The van der Waals surface area contributed by atoms with Gasteiger partial charge in [0.1, 0.15) is 18.0 Å². The first kappa shape index (κ1) is 21.4. The summed E-state index contributed by atoms with van der Waals surface area (Å²) in [4.78, 5) is 20.0. The first-order chi connectivity index (χ1) is 16.1. The maximum Gasteiger partial charge on any atom is 0.199 e. The zero-order chi connectivity index (χ0) is 22.8. The molecular weight excluding hydrogens is 482 g/mol. The summed E-state index contributed by atoms with van der Waals surface area (Å²) in [5.41, 5.74) is 5.29. The largest absolute Gasteiger partial charge is 0.494 e. The van der Waals surface area contributed by atoms with Crippen molar-refractivity contribution in [2.45, 2.75) is 6.54 Å². The average Bonchev–Trinajstić information content (AvgIpc) is 3.33. The predicted molar refractivity (Wildman–Crippen MR) is 133 cm³/mol. The molecule has 3 heterocycles. The van der Waals surface area contributed by atoms with E-state index in [2.05, 4.69) is 36.0 Å². The smallest absolute Gasteiger partial charge is 0.199 e. The number of fused-ring (bicyclic) bond motifs is 2. The third-order valence-corrected chi connectivity index (χ3v) is 5.96. The van der Waals surface area contributed by atoms with E-state index in [4.69, 9.17) is 9.83 Å². The molecule has 1 aliphatic rings. The van der Waals surface area contributed by atoms with Crippen LogP contribution >= 0.6 is 15.9 Å². The van der Waals surface area contributed by atoms with Crippen LogP contribution in [0.3, 0.4) is 0 Å². The quantitative estimate of drug-likeness (QED) is 0.274. The lowest BCUT2D eigenvalue weighted by atomic mass is 10.0. The molecule has 0 atom stereocenters. The molecule has 2 N–H and O–H groups in total. The number of hydrogen-bond donors (Lipinski definition) is 2. The van der Waals surface area contributed by atoms with Crippen molar-refractivity contribution in [3.63, 3.8) is 0 Å². The van der Waals surface area contributed by atoms with Gasteiger partial charge >= 0.3 is 0 Å². The average molecular weight is 504 g/mol. The van der Waals surface area contributed by atoms with Gasteiger partial charge in [-0.1, -0.05) is 45.4 Å². The number of oxime groups is 1. The van der Waals surface area contributed by atoms with Crippen molar-refractivity contribution in [1.82, 2.24) is 14.9 Å². The van der Waals surface area contributed by atoms with Crippen LogP contribution in [0.1, 0.15) is 16.8 Å². The van der Waals surface area contributed by atoms with Crippen LogP contribution in [0.2, 0.25) is 0 Å². The summed E-state index contributed by atoms with van der Waals surface area (Å²) in [7, 11) is 2.02. The zero-order valence-corrected chi connectivity index (χ0v) is 19.6. The van der Waals surface area contributed by atoms with Crippen molar-refractivity contribution in [2.24, 2.45) is 10.1 Å². The lowest BCUT2D eigenvalue weighted by Gasteiger charge is -2.15. The topological polar surface area (TPSA) is 86.1 Å². The number of likely N-dealkylation sites (N-methyl/N-ethyl adjacent to an activating group) is 1. The van der Waals surface area contributed by atoms with Crippen LogP contribution in [-0.2, 0) is 11.4 Å². The van der Waals surface area contributed by atoms with Gasteiger partial charge in [0.2, 0.25) is 0 Å². The van der Waals surface area contributed by atoms with Crippen molar-refractivity contribution >= 4 is 43.9 Å². The minimum absolute atomic E-state index is 0.0532. The highest BCUT2D eigenvalue weighted by Gasteiger charge is 2.29. The van der Waals surface area contributed by atoms with Crippen molar-refractivity contribution in [3.05, 3.63) is 88.2 Å². The number of nitrogens with one attached hydrogen (secondary N) is 1. The number of aliphatic imine (C=N–C) groups is 1. The second-order valence-corrected chi connectivity index (χ2v) is 8.76. The SMILES string of the molecule is CN(CCO/N=C1/C(c2c(O)[nH]c3ccc(Br)cc23)=Nc2ccccc21)Cc1ccccn1. The fraction of sp³-hybridized carbons (Fsp3) is 0.160. The van der Waals surface area contributed by atoms with Crippen LogP contribution in [0, 0.1) is 0 Å². The molecule has 0 fully saturated rings. The van der Waals surface area contributed by atoms with E-state index in [0.717, 1.165) is 38.9 Å². The molecule has 33 heavy (non-hydrogen) atoms. The maximum absolute atomic E-state index is 10.7. The number of pyridine rings is 1. The van der Waals surface area contributed by atoms with Crippen LogP contribution in [0.5, 0.6) is 5.88 Å². The Labute approximate surface area is 199 Å². The van der Waals surface area contributed by atoms with Gasteiger partial charge in [0.15, 0.2) is 5.88 Å². The van der Waals surface area contributed by atoms with E-state index in [1.807, 2.05) is 67.7 Å². The Morgan fingerprint density at radius 3 is 2.82 bits per heavy atom. The van der Waals surface area contributed by atoms with Gasteiger partial charge in [0.25, 0.3) is 0 Å². The molecule has 0 spiro atoms. The minimum atomic E-state index is 0.0532. The zero-order valence-electron chi connectivity index (χ0n) is 18.0. The van der Waals surface area contributed by atoms with Crippen molar-refractivity contribution in [1.29, 1.82) is 0 Å². The third-order valence-electron chi connectivity index (χ3n) is 5.47. The molecule has 0 saturated heterocycles. The van der Waals surface area contributed by atoms with E-state index >= 15 is 0 Å². The molecule has 0 radical (unpaired) electrons. The van der Waals surface area contributed by atoms with E-state index in [0.29, 0.717) is 30.1 Å². The summed E-state index contributed by atoms with van der Waals surface area (Å²) in [6.07, 6.45) is 1.79. The molecule has 0 unspecified atom stereocenters. The van der Waals surface area contributed by atoms with Crippen LogP contribution in [0.25, 0.3) is 10.9 Å². The van der Waals surface area contributed by atoms with E-state index in [-0.39, 0.29) is 5.88 Å². The molecule has 4 aromatic rings. The maximum atomic E-state index is 10.7. The van der Waals surface area contributed by atoms with Crippen molar-refractivity contribution < 1.29 is 9.94 Å². The van der Waals surface area contributed by atoms with Crippen LogP contribution in [0.4, 0.5) is 5.69 Å². The van der Waals surface area contributed by atoms with E-state index in [9.17, 15) is 5.11 Å². The van der Waals surface area contributed by atoms with Gasteiger partial charge in [-0.2, -0.15) is 0 Å². The van der Waals surface area contributed by atoms with Crippen LogP contribution in [-0.4, -0.2) is 51.6 Å². The molecular formula is C25H22BrN5O2. The molecule has 0 amide bonds. The summed E-state index contributed by atoms with van der Waals surface area (Å²) in [5.74, 6) is 0.0532. The Kier molecular flexibility index (Phi) is 5.93. The summed E-state index contributed by atoms with van der Waals surface area (Å²) in [6.45, 7) is 1.83. The Balaban J connectivity index is 1.39. The number of aromatic amines is 1. The number of para-hydroxylation sites is 1. The van der Waals surface area contributed by atoms with Gasteiger partial charge in [0, 0.05) is 40.2 Å². The Hall–Kier alpha value is -3.49. The van der Waals surface area contributed by atoms with E-state index in [1.54, 1.807) is 6.20 Å². The number of aromatic nitrogens is 2. The molecule has 2 aromatic carbocycles. The molecule has 1 aliphatic heterocycles.